The SMILES string of the molecule is CN(C)c1ccc(NC(=O)CNC(=O)c2cc3ccccc3oc2=O)cc1. The number of amides is 2. The molecule has 0 bridgehead atoms. The summed E-state index contributed by atoms with van der Waals surface area (Å²) >= 11 is 0. The lowest BCUT2D eigenvalue weighted by Gasteiger charge is -2.13. The Kier molecular flexibility index (Phi) is 5.21. The first-order chi connectivity index (χ1) is 12.9. The summed E-state index contributed by atoms with van der Waals surface area (Å²) < 4.78 is 5.13. The molecule has 0 radical (unpaired) electrons. The van der Waals surface area contributed by atoms with Gasteiger partial charge in [-0.25, -0.2) is 4.79 Å². The zero-order chi connectivity index (χ0) is 19.4. The molecule has 0 fully saturated rings. The van der Waals surface area contributed by atoms with E-state index in [-0.39, 0.29) is 12.1 Å². The molecule has 7 heteroatoms. The molecule has 7 nitrogen and oxygen atoms in total. The first-order valence-corrected chi connectivity index (χ1v) is 8.32. The lowest BCUT2D eigenvalue weighted by atomic mass is 10.2. The van der Waals surface area contributed by atoms with E-state index >= 15 is 0 Å². The monoisotopic (exact) mass is 365 g/mol. The van der Waals surface area contributed by atoms with Crippen molar-refractivity contribution in [3.8, 4) is 0 Å². The van der Waals surface area contributed by atoms with E-state index in [4.69, 9.17) is 4.42 Å². The van der Waals surface area contributed by atoms with Crippen LogP contribution in [0, 0.1) is 0 Å². The molecule has 0 saturated carbocycles. The number of nitrogens with zero attached hydrogens (tertiary/aromatic N) is 1. The van der Waals surface area contributed by atoms with Crippen molar-refractivity contribution in [2.75, 3.05) is 30.9 Å². The zero-order valence-corrected chi connectivity index (χ0v) is 15.0. The van der Waals surface area contributed by atoms with Crippen LogP contribution in [0.15, 0.2) is 63.8 Å². The largest absolute Gasteiger partial charge is 0.422 e. The summed E-state index contributed by atoms with van der Waals surface area (Å²) in [5.74, 6) is -1.06. The van der Waals surface area contributed by atoms with Crippen molar-refractivity contribution in [2.24, 2.45) is 0 Å². The van der Waals surface area contributed by atoms with Crippen molar-refractivity contribution < 1.29 is 14.0 Å². The summed E-state index contributed by atoms with van der Waals surface area (Å²) in [5.41, 5.74) is 1.13. The van der Waals surface area contributed by atoms with Crippen LogP contribution in [0.5, 0.6) is 0 Å². The molecule has 3 aromatic rings. The Balaban J connectivity index is 1.62. The topological polar surface area (TPSA) is 91.7 Å². The number of nitrogens with one attached hydrogen (secondary N) is 2. The van der Waals surface area contributed by atoms with Gasteiger partial charge < -0.3 is 20.0 Å². The number of anilines is 2. The highest BCUT2D eigenvalue weighted by molar-refractivity contribution is 6.00. The number of hydrogen-bond acceptors (Lipinski definition) is 5. The van der Waals surface area contributed by atoms with Gasteiger partial charge in [-0.05, 0) is 36.4 Å². The van der Waals surface area contributed by atoms with Crippen molar-refractivity contribution in [3.63, 3.8) is 0 Å². The van der Waals surface area contributed by atoms with E-state index in [9.17, 15) is 14.4 Å². The van der Waals surface area contributed by atoms with Gasteiger partial charge in [-0.2, -0.15) is 0 Å². The Labute approximate surface area is 155 Å². The molecule has 138 valence electrons. The average molecular weight is 365 g/mol. The molecule has 0 aliphatic rings. The summed E-state index contributed by atoms with van der Waals surface area (Å²) in [6, 6.07) is 15.6. The fourth-order valence-electron chi connectivity index (χ4n) is 2.52. The Hall–Kier alpha value is -3.61. The van der Waals surface area contributed by atoms with Crippen LogP contribution in [0.4, 0.5) is 11.4 Å². The van der Waals surface area contributed by atoms with Gasteiger partial charge in [0.15, 0.2) is 0 Å². The Bertz CT molecular complexity index is 1040. The molecule has 0 saturated heterocycles. The molecule has 0 spiro atoms. The van der Waals surface area contributed by atoms with Crippen LogP contribution in [-0.2, 0) is 4.79 Å². The predicted molar refractivity (Wildman–Crippen MR) is 104 cm³/mol. The van der Waals surface area contributed by atoms with Gasteiger partial charge >= 0.3 is 5.63 Å². The third-order valence-electron chi connectivity index (χ3n) is 3.96. The molecule has 0 aliphatic heterocycles. The molecule has 27 heavy (non-hydrogen) atoms. The predicted octanol–water partition coefficient (Wildman–Crippen LogP) is 2.23. The molecule has 3 rings (SSSR count). The molecule has 0 unspecified atom stereocenters. The maximum atomic E-state index is 12.2. The van der Waals surface area contributed by atoms with Crippen molar-refractivity contribution >= 4 is 34.2 Å². The Morgan fingerprint density at radius 1 is 1.04 bits per heavy atom. The van der Waals surface area contributed by atoms with Crippen LogP contribution in [0.2, 0.25) is 0 Å². The zero-order valence-electron chi connectivity index (χ0n) is 15.0. The molecule has 1 aromatic heterocycles. The van der Waals surface area contributed by atoms with Crippen molar-refractivity contribution in [2.45, 2.75) is 0 Å². The van der Waals surface area contributed by atoms with E-state index in [0.717, 1.165) is 5.69 Å². The minimum absolute atomic E-state index is 0.142. The van der Waals surface area contributed by atoms with Gasteiger partial charge in [-0.3, -0.25) is 9.59 Å². The molecule has 1 heterocycles. The summed E-state index contributed by atoms with van der Waals surface area (Å²) in [6.45, 7) is -0.263. The van der Waals surface area contributed by atoms with Gasteiger partial charge in [-0.15, -0.1) is 0 Å². The van der Waals surface area contributed by atoms with E-state index in [1.165, 1.54) is 6.07 Å². The number of benzene rings is 2. The first-order valence-electron chi connectivity index (χ1n) is 8.32. The Morgan fingerprint density at radius 3 is 2.44 bits per heavy atom. The average Bonchev–Trinajstić information content (AvgIpc) is 2.66. The minimum Gasteiger partial charge on any atom is -0.422 e. The fourth-order valence-corrected chi connectivity index (χ4v) is 2.52. The van der Waals surface area contributed by atoms with E-state index in [1.54, 1.807) is 36.4 Å². The van der Waals surface area contributed by atoms with Crippen molar-refractivity contribution in [3.05, 3.63) is 70.6 Å². The lowest BCUT2D eigenvalue weighted by Crippen LogP contribution is -2.35. The number of hydrogen-bond donors (Lipinski definition) is 2. The van der Waals surface area contributed by atoms with E-state index < -0.39 is 17.4 Å². The molecular formula is C20H19N3O4. The molecule has 2 amide bonds. The van der Waals surface area contributed by atoms with Gasteiger partial charge in [0.25, 0.3) is 5.91 Å². The van der Waals surface area contributed by atoms with E-state index in [2.05, 4.69) is 10.6 Å². The maximum Gasteiger partial charge on any atom is 0.349 e. The summed E-state index contributed by atoms with van der Waals surface area (Å²) in [6.07, 6.45) is 0. The third kappa shape index (κ3) is 4.33. The highest BCUT2D eigenvalue weighted by Gasteiger charge is 2.14. The quantitative estimate of drug-likeness (QED) is 0.677. The molecule has 2 aromatic carbocycles. The highest BCUT2D eigenvalue weighted by Crippen LogP contribution is 2.15. The lowest BCUT2D eigenvalue weighted by molar-refractivity contribution is -0.115. The number of fused-ring (bicyclic) bond motifs is 1. The maximum absolute atomic E-state index is 12.2. The van der Waals surface area contributed by atoms with Gasteiger partial charge in [0.1, 0.15) is 11.1 Å². The third-order valence-corrected chi connectivity index (χ3v) is 3.96. The first kappa shape index (κ1) is 18.2. The second-order valence-electron chi connectivity index (χ2n) is 6.16. The number of rotatable bonds is 5. The second-order valence-corrected chi connectivity index (χ2v) is 6.16. The number of carbonyl (C=O) groups is 2. The minimum atomic E-state index is -0.745. The molecule has 0 aliphatic carbocycles. The van der Waals surface area contributed by atoms with Gasteiger partial charge in [-0.1, -0.05) is 18.2 Å². The van der Waals surface area contributed by atoms with Gasteiger partial charge in [0.2, 0.25) is 5.91 Å². The second kappa shape index (κ2) is 7.74. The van der Waals surface area contributed by atoms with Crippen LogP contribution in [0.3, 0.4) is 0 Å². The molecule has 0 atom stereocenters. The summed E-state index contributed by atoms with van der Waals surface area (Å²) in [4.78, 5) is 38.2. The van der Waals surface area contributed by atoms with E-state index in [1.807, 2.05) is 31.1 Å². The van der Waals surface area contributed by atoms with Crippen LogP contribution in [0.25, 0.3) is 11.0 Å². The van der Waals surface area contributed by atoms with Crippen LogP contribution < -0.4 is 21.2 Å². The van der Waals surface area contributed by atoms with Crippen LogP contribution in [0.1, 0.15) is 10.4 Å². The Morgan fingerprint density at radius 2 is 1.74 bits per heavy atom. The summed E-state index contributed by atoms with van der Waals surface area (Å²) in [5, 5.41) is 5.75. The standard InChI is InChI=1S/C20H19N3O4/c1-23(2)15-9-7-14(8-10-15)22-18(24)12-21-19(25)16-11-13-5-3-4-6-17(13)27-20(16)26/h3-11H,12H2,1-2H3,(H,21,25)(H,22,24). The molecule has 2 N–H and O–H groups in total. The van der Waals surface area contributed by atoms with Crippen LogP contribution >= 0.6 is 0 Å². The molecular weight excluding hydrogens is 346 g/mol. The smallest absolute Gasteiger partial charge is 0.349 e. The van der Waals surface area contributed by atoms with Crippen molar-refractivity contribution in [1.29, 1.82) is 0 Å². The van der Waals surface area contributed by atoms with Gasteiger partial charge in [0, 0.05) is 30.9 Å². The van der Waals surface area contributed by atoms with Crippen LogP contribution in [-0.4, -0.2) is 32.5 Å². The number of para-hydroxylation sites is 1. The highest BCUT2D eigenvalue weighted by atomic mass is 16.4. The van der Waals surface area contributed by atoms with Gasteiger partial charge in [0.05, 0.1) is 6.54 Å². The fraction of sp³-hybridized carbons (Fsp3) is 0.150. The van der Waals surface area contributed by atoms with Crippen molar-refractivity contribution in [1.82, 2.24) is 5.32 Å². The number of carbonyl (C=O) groups excluding carboxylic acids is 2. The van der Waals surface area contributed by atoms with E-state index in [0.29, 0.717) is 16.7 Å². The summed E-state index contributed by atoms with van der Waals surface area (Å²) in [7, 11) is 3.85. The normalized spacial score (nSPS) is 10.4.